The molecule has 0 heterocycles. The van der Waals surface area contributed by atoms with Gasteiger partial charge in [-0.25, -0.2) is 0 Å². The molecule has 0 N–H and O–H groups in total. The average Bonchev–Trinajstić information content (AvgIpc) is 2.63. The summed E-state index contributed by atoms with van der Waals surface area (Å²) in [5.74, 6) is 1.52. The van der Waals surface area contributed by atoms with Crippen LogP contribution in [0.15, 0.2) is 11.1 Å². The van der Waals surface area contributed by atoms with Crippen molar-refractivity contribution in [3.05, 3.63) is 11.1 Å². The monoisotopic (exact) mass is 362 g/mol. The lowest BCUT2D eigenvalue weighted by Crippen LogP contribution is -2.40. The number of hydrogen-bond acceptors (Lipinski definition) is 0. The molecule has 0 unspecified atom stereocenters. The molecule has 154 valence electrons. The lowest BCUT2D eigenvalue weighted by molar-refractivity contribution is 0.0135. The molecule has 2 rings (SSSR count). The Labute approximate surface area is 166 Å². The van der Waals surface area contributed by atoms with Crippen LogP contribution in [0.4, 0.5) is 0 Å². The van der Waals surface area contributed by atoms with Crippen LogP contribution in [0.5, 0.6) is 0 Å². The molecule has 1 fully saturated rings. The van der Waals surface area contributed by atoms with Crippen LogP contribution in [-0.2, 0) is 0 Å². The molecule has 0 aliphatic heterocycles. The first-order valence-electron chi connectivity index (χ1n) is 10.8. The molecule has 0 nitrogen and oxygen atoms in total. The Balaban J connectivity index is 0.000000263. The van der Waals surface area contributed by atoms with Crippen molar-refractivity contribution >= 4 is 0 Å². The van der Waals surface area contributed by atoms with Crippen molar-refractivity contribution in [3.8, 4) is 0 Å². The molecule has 0 radical (unpaired) electrons. The molecule has 0 heteroatoms. The van der Waals surface area contributed by atoms with Crippen LogP contribution in [0.2, 0.25) is 0 Å². The van der Waals surface area contributed by atoms with Gasteiger partial charge in [0.2, 0.25) is 0 Å². The maximum Gasteiger partial charge on any atom is -0.0111 e. The van der Waals surface area contributed by atoms with E-state index in [1.54, 1.807) is 11.1 Å². The summed E-state index contributed by atoms with van der Waals surface area (Å²) < 4.78 is 0. The Morgan fingerprint density at radius 3 is 0.769 bits per heavy atom. The third kappa shape index (κ3) is 2.76. The predicted molar refractivity (Wildman–Crippen MR) is 119 cm³/mol. The van der Waals surface area contributed by atoms with Crippen molar-refractivity contribution in [2.24, 2.45) is 44.3 Å². The smallest absolute Gasteiger partial charge is 0.0111 e. The molecule has 0 saturated heterocycles. The third-order valence-corrected chi connectivity index (χ3v) is 11.6. The quantitative estimate of drug-likeness (QED) is 0.378. The summed E-state index contributed by atoms with van der Waals surface area (Å²) in [6.45, 7) is 38.4. The summed E-state index contributed by atoms with van der Waals surface area (Å²) in [4.78, 5) is 0. The fourth-order valence-electron chi connectivity index (χ4n) is 6.11. The zero-order valence-electron chi connectivity index (χ0n) is 21.2. The standard InChI is InChI=1S/C14H28.C12H22/c1-10-11(2,3)13(6,7)14(8,9)12(10,4)5;1-8-9(2)12(6,7)10(3)11(8,4)5/h10H,1-9H3;10H,1-7H3. The lowest BCUT2D eigenvalue weighted by atomic mass is 9.57. The van der Waals surface area contributed by atoms with E-state index < -0.39 is 0 Å². The Kier molecular flexibility index (Phi) is 5.60. The largest absolute Gasteiger partial charge is 0.0679 e. The molecule has 2 aliphatic rings. The molecular formula is C26H50. The SMILES string of the molecule is CC1=C(C)C(C)(C)C(C)C1(C)C.CC1C(C)(C)C(C)(C)C(C)(C)C1(C)C. The highest BCUT2D eigenvalue weighted by molar-refractivity contribution is 5.31. The van der Waals surface area contributed by atoms with E-state index >= 15 is 0 Å². The van der Waals surface area contributed by atoms with E-state index in [2.05, 4.69) is 111 Å². The van der Waals surface area contributed by atoms with Crippen LogP contribution in [-0.4, -0.2) is 0 Å². The minimum atomic E-state index is 0.392. The van der Waals surface area contributed by atoms with Gasteiger partial charge in [0.25, 0.3) is 0 Å². The zero-order chi connectivity index (χ0) is 21.3. The van der Waals surface area contributed by atoms with Crippen molar-refractivity contribution in [1.82, 2.24) is 0 Å². The Bertz CT molecular complexity index is 525. The van der Waals surface area contributed by atoms with Gasteiger partial charge in [0.05, 0.1) is 0 Å². The first-order chi connectivity index (χ1) is 11.1. The van der Waals surface area contributed by atoms with E-state index in [9.17, 15) is 0 Å². The second kappa shape index (κ2) is 6.12. The van der Waals surface area contributed by atoms with Gasteiger partial charge in [-0.05, 0) is 58.2 Å². The molecular weight excluding hydrogens is 312 g/mol. The lowest BCUT2D eigenvalue weighted by Gasteiger charge is -2.47. The van der Waals surface area contributed by atoms with Gasteiger partial charge in [-0.2, -0.15) is 0 Å². The van der Waals surface area contributed by atoms with Crippen LogP contribution in [0.3, 0.4) is 0 Å². The molecule has 0 aromatic heterocycles. The van der Waals surface area contributed by atoms with Gasteiger partial charge in [-0.1, -0.05) is 108 Å². The summed E-state index contributed by atoms with van der Waals surface area (Å²) in [6.07, 6.45) is 0. The molecule has 1 saturated carbocycles. The van der Waals surface area contributed by atoms with Crippen molar-refractivity contribution in [3.63, 3.8) is 0 Å². The van der Waals surface area contributed by atoms with Gasteiger partial charge in [-0.15, -0.1) is 0 Å². The van der Waals surface area contributed by atoms with Gasteiger partial charge >= 0.3 is 0 Å². The summed E-state index contributed by atoms with van der Waals surface area (Å²) in [6, 6.07) is 0. The number of rotatable bonds is 0. The number of allylic oxidation sites excluding steroid dienone is 2. The Morgan fingerprint density at radius 2 is 0.692 bits per heavy atom. The topological polar surface area (TPSA) is 0 Å². The van der Waals surface area contributed by atoms with Crippen molar-refractivity contribution in [2.75, 3.05) is 0 Å². The summed E-state index contributed by atoms with van der Waals surface area (Å²) in [5.41, 5.74) is 5.60. The van der Waals surface area contributed by atoms with Crippen LogP contribution in [0, 0.1) is 44.3 Å². The van der Waals surface area contributed by atoms with E-state index in [1.165, 1.54) is 0 Å². The van der Waals surface area contributed by atoms with E-state index in [4.69, 9.17) is 0 Å². The maximum absolute atomic E-state index is 2.44. The van der Waals surface area contributed by atoms with Gasteiger partial charge in [0.1, 0.15) is 0 Å². The molecule has 0 aromatic rings. The molecule has 26 heavy (non-hydrogen) atoms. The molecule has 0 amide bonds. The highest BCUT2D eigenvalue weighted by atomic mass is 14.7. The molecule has 0 aromatic carbocycles. The van der Waals surface area contributed by atoms with Crippen molar-refractivity contribution in [1.29, 1.82) is 0 Å². The van der Waals surface area contributed by atoms with Gasteiger partial charge < -0.3 is 0 Å². The van der Waals surface area contributed by atoms with Crippen molar-refractivity contribution < 1.29 is 0 Å². The molecule has 2 aliphatic carbocycles. The highest BCUT2D eigenvalue weighted by Gasteiger charge is 2.66. The molecule has 0 bridgehead atoms. The first-order valence-corrected chi connectivity index (χ1v) is 10.8. The summed E-state index contributed by atoms with van der Waals surface area (Å²) in [7, 11) is 0. The van der Waals surface area contributed by atoms with Gasteiger partial charge in [0.15, 0.2) is 0 Å². The fraction of sp³-hybridized carbons (Fsp3) is 0.923. The highest BCUT2D eigenvalue weighted by Crippen LogP contribution is 2.72. The normalized spacial score (nSPS) is 30.9. The molecule has 0 spiro atoms. The summed E-state index contributed by atoms with van der Waals surface area (Å²) >= 11 is 0. The van der Waals surface area contributed by atoms with E-state index in [0.717, 1.165) is 11.8 Å². The third-order valence-electron chi connectivity index (χ3n) is 11.6. The Hall–Kier alpha value is -0.260. The van der Waals surface area contributed by atoms with Gasteiger partial charge in [-0.3, -0.25) is 0 Å². The second-order valence-corrected chi connectivity index (χ2v) is 12.8. The number of hydrogen-bond donors (Lipinski definition) is 0. The fourth-order valence-corrected chi connectivity index (χ4v) is 6.11. The van der Waals surface area contributed by atoms with Crippen LogP contribution >= 0.6 is 0 Å². The predicted octanol–water partition coefficient (Wildman–Crippen LogP) is 8.77. The van der Waals surface area contributed by atoms with Gasteiger partial charge in [0, 0.05) is 0 Å². The van der Waals surface area contributed by atoms with E-state index in [0.29, 0.717) is 32.5 Å². The maximum atomic E-state index is 2.44. The minimum Gasteiger partial charge on any atom is -0.0679 e. The van der Waals surface area contributed by atoms with Crippen LogP contribution in [0.1, 0.15) is 111 Å². The zero-order valence-corrected chi connectivity index (χ0v) is 21.2. The van der Waals surface area contributed by atoms with Crippen LogP contribution < -0.4 is 0 Å². The average molecular weight is 363 g/mol. The first kappa shape index (κ1) is 23.8. The minimum absolute atomic E-state index is 0.392. The van der Waals surface area contributed by atoms with E-state index in [1.807, 2.05) is 0 Å². The Morgan fingerprint density at radius 1 is 0.462 bits per heavy atom. The van der Waals surface area contributed by atoms with Crippen molar-refractivity contribution in [2.45, 2.75) is 111 Å². The van der Waals surface area contributed by atoms with E-state index in [-0.39, 0.29) is 0 Å². The van der Waals surface area contributed by atoms with Crippen LogP contribution in [0.25, 0.3) is 0 Å². The second-order valence-electron chi connectivity index (χ2n) is 12.8. The summed E-state index contributed by atoms with van der Waals surface area (Å²) in [5, 5.41) is 0. The molecule has 0 atom stereocenters.